The largest absolute Gasteiger partial charge is 0.426 e. The lowest BCUT2D eigenvalue weighted by molar-refractivity contribution is -0.135. The second-order valence-electron chi connectivity index (χ2n) is 6.38. The number of carbonyl (C=O) groups excluding carboxylic acids is 2. The van der Waals surface area contributed by atoms with E-state index in [1.54, 1.807) is 12.1 Å². The van der Waals surface area contributed by atoms with E-state index in [9.17, 15) is 9.59 Å². The molecule has 0 aliphatic heterocycles. The molecule has 6 heteroatoms. The first-order valence-corrected chi connectivity index (χ1v) is 9.40. The summed E-state index contributed by atoms with van der Waals surface area (Å²) in [6.45, 7) is 15.8. The molecule has 1 aromatic rings. The minimum Gasteiger partial charge on any atom is -0.426 e. The number of rotatable bonds is 10. The summed E-state index contributed by atoms with van der Waals surface area (Å²) in [5.74, 6) is 0.205. The Kier molecular flexibility index (Phi) is 9.30. The van der Waals surface area contributed by atoms with Crippen molar-refractivity contribution in [2.45, 2.75) is 41.5 Å². The average Bonchev–Trinajstić information content (AvgIpc) is 2.60. The van der Waals surface area contributed by atoms with E-state index in [1.165, 1.54) is 0 Å². The monoisotopic (exact) mass is 363 g/mol. The molecule has 0 unspecified atom stereocenters. The Bertz CT molecular complexity index is 585. The van der Waals surface area contributed by atoms with Crippen molar-refractivity contribution in [1.29, 1.82) is 0 Å². The lowest BCUT2D eigenvalue weighted by Gasteiger charge is -2.19. The Morgan fingerprint density at radius 3 is 1.81 bits per heavy atom. The summed E-state index contributed by atoms with van der Waals surface area (Å²) in [6, 6.07) is 3.58. The van der Waals surface area contributed by atoms with Gasteiger partial charge in [-0.15, -0.1) is 0 Å². The topological polar surface area (TPSA) is 61.9 Å². The van der Waals surface area contributed by atoms with Crippen molar-refractivity contribution in [2.24, 2.45) is 0 Å². The summed E-state index contributed by atoms with van der Waals surface area (Å²) < 4.78 is 5.47. The summed E-state index contributed by atoms with van der Waals surface area (Å²) in [5.41, 5.74) is 2.54. The van der Waals surface area contributed by atoms with Crippen LogP contribution in [0.3, 0.4) is 0 Å². The van der Waals surface area contributed by atoms with Crippen LogP contribution in [0.5, 0.6) is 5.75 Å². The number of esters is 1. The highest BCUT2D eigenvalue weighted by Crippen LogP contribution is 2.26. The van der Waals surface area contributed by atoms with Gasteiger partial charge in [-0.05, 0) is 63.3 Å². The first-order valence-electron chi connectivity index (χ1n) is 9.40. The fraction of sp³-hybridized carbons (Fsp3) is 0.600. The van der Waals surface area contributed by atoms with Crippen LogP contribution in [0.2, 0.25) is 0 Å². The van der Waals surface area contributed by atoms with Gasteiger partial charge in [0.05, 0.1) is 13.1 Å². The van der Waals surface area contributed by atoms with Crippen LogP contribution in [0.25, 0.3) is 0 Å². The molecular weight excluding hydrogens is 330 g/mol. The molecule has 26 heavy (non-hydrogen) atoms. The van der Waals surface area contributed by atoms with Crippen molar-refractivity contribution in [3.8, 4) is 5.75 Å². The molecule has 0 saturated heterocycles. The molecule has 0 spiro atoms. The normalized spacial score (nSPS) is 11.1. The molecule has 6 nitrogen and oxygen atoms in total. The van der Waals surface area contributed by atoms with Crippen molar-refractivity contribution in [1.82, 2.24) is 9.80 Å². The van der Waals surface area contributed by atoms with Crippen LogP contribution in [-0.4, -0.2) is 60.9 Å². The maximum atomic E-state index is 12.3. The van der Waals surface area contributed by atoms with Gasteiger partial charge in [-0.2, -0.15) is 0 Å². The third kappa shape index (κ3) is 6.77. The number of hydrogen-bond acceptors (Lipinski definition) is 5. The van der Waals surface area contributed by atoms with Crippen LogP contribution < -0.4 is 10.1 Å². The predicted molar refractivity (Wildman–Crippen MR) is 106 cm³/mol. The van der Waals surface area contributed by atoms with Crippen LogP contribution in [0.15, 0.2) is 12.1 Å². The van der Waals surface area contributed by atoms with Crippen LogP contribution in [-0.2, 0) is 9.59 Å². The average molecular weight is 364 g/mol. The first-order chi connectivity index (χ1) is 12.3. The minimum atomic E-state index is -0.272. The summed E-state index contributed by atoms with van der Waals surface area (Å²) in [7, 11) is 0. The Morgan fingerprint density at radius 1 is 0.885 bits per heavy atom. The van der Waals surface area contributed by atoms with Gasteiger partial charge in [-0.25, -0.2) is 0 Å². The van der Waals surface area contributed by atoms with Gasteiger partial charge in [0.1, 0.15) is 5.75 Å². The Labute approximate surface area is 157 Å². The second-order valence-corrected chi connectivity index (χ2v) is 6.38. The quantitative estimate of drug-likeness (QED) is 0.512. The highest BCUT2D eigenvalue weighted by Gasteiger charge is 2.14. The van der Waals surface area contributed by atoms with Crippen LogP contribution in [0.4, 0.5) is 5.69 Å². The van der Waals surface area contributed by atoms with E-state index in [-0.39, 0.29) is 18.4 Å². The van der Waals surface area contributed by atoms with Gasteiger partial charge >= 0.3 is 5.97 Å². The van der Waals surface area contributed by atoms with Crippen molar-refractivity contribution in [2.75, 3.05) is 44.6 Å². The number of ether oxygens (including phenoxy) is 1. The molecule has 146 valence electrons. The Hall–Kier alpha value is -1.92. The highest BCUT2D eigenvalue weighted by molar-refractivity contribution is 5.94. The van der Waals surface area contributed by atoms with Gasteiger partial charge in [-0.3, -0.25) is 19.4 Å². The molecule has 0 radical (unpaired) electrons. The minimum absolute atomic E-state index is 0.0359. The molecule has 1 N–H and O–H groups in total. The summed E-state index contributed by atoms with van der Waals surface area (Å²) in [5, 5.41) is 2.98. The summed E-state index contributed by atoms with van der Waals surface area (Å²) in [4.78, 5) is 28.4. The number of carbonyl (C=O) groups is 2. The standard InChI is InChI=1S/C20H33N3O3/c1-7-22(8-2)13-18(24)21-20-15(5)11-17(12-16(20)6)26-19(25)14-23(9-3)10-4/h11-12H,7-10,13-14H2,1-6H3,(H,21,24). The molecule has 0 fully saturated rings. The fourth-order valence-electron chi connectivity index (χ4n) is 2.80. The van der Waals surface area contributed by atoms with E-state index in [2.05, 4.69) is 10.2 Å². The highest BCUT2D eigenvalue weighted by atomic mass is 16.5. The Morgan fingerprint density at radius 2 is 1.35 bits per heavy atom. The van der Waals surface area contributed by atoms with Gasteiger partial charge in [0.25, 0.3) is 0 Å². The smallest absolute Gasteiger partial charge is 0.325 e. The third-order valence-corrected chi connectivity index (χ3v) is 4.51. The van der Waals surface area contributed by atoms with E-state index in [4.69, 9.17) is 4.74 Å². The molecule has 0 heterocycles. The van der Waals surface area contributed by atoms with Crippen molar-refractivity contribution < 1.29 is 14.3 Å². The number of benzene rings is 1. The second kappa shape index (κ2) is 10.9. The van der Waals surface area contributed by atoms with Gasteiger partial charge in [0.15, 0.2) is 0 Å². The van der Waals surface area contributed by atoms with Crippen LogP contribution in [0.1, 0.15) is 38.8 Å². The number of amides is 1. The molecule has 1 rings (SSSR count). The summed E-state index contributed by atoms with van der Waals surface area (Å²) >= 11 is 0. The maximum Gasteiger partial charge on any atom is 0.325 e. The molecular formula is C20H33N3O3. The number of aryl methyl sites for hydroxylation is 2. The zero-order valence-electron chi connectivity index (χ0n) is 17.0. The molecule has 0 atom stereocenters. The zero-order chi connectivity index (χ0) is 19.7. The van der Waals surface area contributed by atoms with Gasteiger partial charge in [-0.1, -0.05) is 27.7 Å². The maximum absolute atomic E-state index is 12.3. The van der Waals surface area contributed by atoms with Crippen molar-refractivity contribution in [3.05, 3.63) is 23.3 Å². The number of likely N-dealkylation sites (N-methyl/N-ethyl adjacent to an activating group) is 2. The molecule has 0 aliphatic rings. The number of hydrogen-bond donors (Lipinski definition) is 1. The van der Waals surface area contributed by atoms with E-state index in [1.807, 2.05) is 46.4 Å². The van der Waals surface area contributed by atoms with Crippen LogP contribution >= 0.6 is 0 Å². The van der Waals surface area contributed by atoms with E-state index >= 15 is 0 Å². The van der Waals surface area contributed by atoms with Crippen molar-refractivity contribution in [3.63, 3.8) is 0 Å². The Balaban J connectivity index is 2.78. The van der Waals surface area contributed by atoms with E-state index in [0.29, 0.717) is 12.3 Å². The number of nitrogens with zero attached hydrogens (tertiary/aromatic N) is 2. The number of nitrogens with one attached hydrogen (secondary N) is 1. The van der Waals surface area contributed by atoms with Gasteiger partial charge < -0.3 is 10.1 Å². The number of anilines is 1. The first kappa shape index (κ1) is 22.1. The van der Waals surface area contributed by atoms with Crippen LogP contribution in [0, 0.1) is 13.8 Å². The fourth-order valence-corrected chi connectivity index (χ4v) is 2.80. The molecule has 0 saturated carbocycles. The van der Waals surface area contributed by atoms with E-state index in [0.717, 1.165) is 43.0 Å². The molecule has 0 aliphatic carbocycles. The van der Waals surface area contributed by atoms with Gasteiger partial charge in [0.2, 0.25) is 5.91 Å². The third-order valence-electron chi connectivity index (χ3n) is 4.51. The molecule has 1 aromatic carbocycles. The van der Waals surface area contributed by atoms with E-state index < -0.39 is 0 Å². The molecule has 1 amide bonds. The molecule has 0 aromatic heterocycles. The van der Waals surface area contributed by atoms with Crippen molar-refractivity contribution >= 4 is 17.6 Å². The SMILES string of the molecule is CCN(CC)CC(=O)Nc1c(C)cc(OC(=O)CN(CC)CC)cc1C. The summed E-state index contributed by atoms with van der Waals surface area (Å²) in [6.07, 6.45) is 0. The van der Waals surface area contributed by atoms with Gasteiger partial charge in [0, 0.05) is 5.69 Å². The lowest BCUT2D eigenvalue weighted by atomic mass is 10.1. The molecule has 0 bridgehead atoms. The lowest BCUT2D eigenvalue weighted by Crippen LogP contribution is -2.33. The zero-order valence-corrected chi connectivity index (χ0v) is 17.0. The predicted octanol–water partition coefficient (Wildman–Crippen LogP) is 2.83.